The summed E-state index contributed by atoms with van der Waals surface area (Å²) in [7, 11) is 0. The highest BCUT2D eigenvalue weighted by Crippen LogP contribution is 2.21. The molecule has 11 nitrogen and oxygen atoms in total. The van der Waals surface area contributed by atoms with Crippen molar-refractivity contribution in [2.45, 2.75) is 63.7 Å². The third-order valence-electron chi connectivity index (χ3n) is 8.88. The van der Waals surface area contributed by atoms with Gasteiger partial charge < -0.3 is 36.8 Å². The third kappa shape index (κ3) is 8.10. The van der Waals surface area contributed by atoms with Crippen LogP contribution in [0.25, 0.3) is 21.8 Å². The minimum atomic E-state index is -1.16. The molecule has 5 rings (SSSR count). The number of nitrogens with two attached hydrogens (primary N) is 1. The van der Waals surface area contributed by atoms with E-state index in [1.54, 1.807) is 19.3 Å². The van der Waals surface area contributed by atoms with Gasteiger partial charge >= 0.3 is 5.97 Å². The number of nitrogens with one attached hydrogen (secondary N) is 5. The lowest BCUT2D eigenvalue weighted by Gasteiger charge is -2.26. The van der Waals surface area contributed by atoms with Gasteiger partial charge in [-0.15, -0.1) is 0 Å². The summed E-state index contributed by atoms with van der Waals surface area (Å²) in [5.74, 6) is -3.27. The molecule has 3 amide bonds. The van der Waals surface area contributed by atoms with Crippen molar-refractivity contribution in [2.75, 3.05) is 0 Å². The van der Waals surface area contributed by atoms with E-state index >= 15 is 0 Å². The molecule has 5 unspecified atom stereocenters. The summed E-state index contributed by atoms with van der Waals surface area (Å²) in [5.41, 5.74) is 10.5. The number of aliphatic carboxylic acids is 1. The van der Waals surface area contributed by atoms with Crippen molar-refractivity contribution >= 4 is 45.5 Å². The Labute approximate surface area is 278 Å². The normalized spacial score (nSPS) is 14.5. The second kappa shape index (κ2) is 15.4. The third-order valence-corrected chi connectivity index (χ3v) is 8.88. The van der Waals surface area contributed by atoms with Crippen molar-refractivity contribution < 1.29 is 24.3 Å². The topological polar surface area (TPSA) is 182 Å². The fourth-order valence-electron chi connectivity index (χ4n) is 5.91. The molecule has 0 aliphatic rings. The summed E-state index contributed by atoms with van der Waals surface area (Å²) in [6.07, 6.45) is 4.56. The number of benzene rings is 3. The summed E-state index contributed by atoms with van der Waals surface area (Å²) in [5, 5.41) is 20.0. The molecule has 5 aromatic rings. The highest BCUT2D eigenvalue weighted by molar-refractivity contribution is 5.95. The Morgan fingerprint density at radius 3 is 1.69 bits per heavy atom. The summed E-state index contributed by atoms with van der Waals surface area (Å²) < 4.78 is 0. The average Bonchev–Trinajstić information content (AvgIpc) is 3.70. The first-order valence-corrected chi connectivity index (χ1v) is 16.2. The molecule has 0 bridgehead atoms. The lowest BCUT2D eigenvalue weighted by Crippen LogP contribution is -2.58. The zero-order valence-corrected chi connectivity index (χ0v) is 27.0. The highest BCUT2D eigenvalue weighted by Gasteiger charge is 2.33. The zero-order chi connectivity index (χ0) is 34.2. The molecule has 0 aliphatic carbocycles. The van der Waals surface area contributed by atoms with Crippen LogP contribution in [0.4, 0.5) is 0 Å². The van der Waals surface area contributed by atoms with E-state index < -0.39 is 47.9 Å². The number of rotatable bonds is 15. The van der Waals surface area contributed by atoms with E-state index in [9.17, 15) is 24.3 Å². The quantitative estimate of drug-likeness (QED) is 0.0909. The van der Waals surface area contributed by atoms with Crippen LogP contribution in [-0.2, 0) is 38.4 Å². The van der Waals surface area contributed by atoms with Crippen LogP contribution in [0, 0.1) is 5.92 Å². The standard InChI is InChI=1S/C37H42N6O5/c1-3-22(2)33(37(47)48)43-36(46)32(19-25-21-40-30-16-10-8-14-27(25)30)42-35(45)31(18-24-20-39-29-15-9-7-13-26(24)29)41-34(44)28(38)17-23-11-5-4-6-12-23/h4-16,20-22,28,31-33,39-40H,3,17-19,38H2,1-2H3,(H,41,44)(H,42,45)(H,43,46)(H,47,48). The second-order valence-electron chi connectivity index (χ2n) is 12.3. The van der Waals surface area contributed by atoms with E-state index in [4.69, 9.17) is 5.73 Å². The van der Waals surface area contributed by atoms with Crippen molar-refractivity contribution in [3.63, 3.8) is 0 Å². The number of hydrogen-bond donors (Lipinski definition) is 7. The smallest absolute Gasteiger partial charge is 0.326 e. The molecule has 0 aliphatic heterocycles. The summed E-state index contributed by atoms with van der Waals surface area (Å²) >= 11 is 0. The minimum Gasteiger partial charge on any atom is -0.480 e. The molecule has 0 saturated carbocycles. The number of amides is 3. The number of carboxylic acid groups (broad SMARTS) is 1. The first kappa shape index (κ1) is 33.9. The van der Waals surface area contributed by atoms with Crippen LogP contribution in [0.3, 0.4) is 0 Å². The monoisotopic (exact) mass is 650 g/mol. The lowest BCUT2D eigenvalue weighted by atomic mass is 9.97. The number of H-pyrrole nitrogens is 2. The van der Waals surface area contributed by atoms with Gasteiger partial charge in [-0.3, -0.25) is 14.4 Å². The number of fused-ring (bicyclic) bond motifs is 2. The largest absolute Gasteiger partial charge is 0.480 e. The van der Waals surface area contributed by atoms with Gasteiger partial charge in [-0.25, -0.2) is 4.79 Å². The molecular formula is C37H42N6O5. The van der Waals surface area contributed by atoms with Crippen molar-refractivity contribution in [3.8, 4) is 0 Å². The van der Waals surface area contributed by atoms with Crippen LogP contribution in [-0.4, -0.2) is 62.9 Å². The van der Waals surface area contributed by atoms with Gasteiger partial charge in [0.15, 0.2) is 0 Å². The molecule has 0 spiro atoms. The maximum absolute atomic E-state index is 14.2. The number of para-hydroxylation sites is 2. The first-order valence-electron chi connectivity index (χ1n) is 16.2. The Hall–Kier alpha value is -5.42. The molecule has 0 saturated heterocycles. The van der Waals surface area contributed by atoms with Crippen LogP contribution in [0.5, 0.6) is 0 Å². The minimum absolute atomic E-state index is 0.0791. The molecule has 2 heterocycles. The molecular weight excluding hydrogens is 608 g/mol. The number of carbonyl (C=O) groups excluding carboxylic acids is 3. The lowest BCUT2D eigenvalue weighted by molar-refractivity contribution is -0.143. The highest BCUT2D eigenvalue weighted by atomic mass is 16.4. The van der Waals surface area contributed by atoms with Gasteiger partial charge in [-0.05, 0) is 41.2 Å². The second-order valence-corrected chi connectivity index (χ2v) is 12.3. The van der Waals surface area contributed by atoms with E-state index in [0.29, 0.717) is 6.42 Å². The van der Waals surface area contributed by atoms with Gasteiger partial charge in [0.25, 0.3) is 0 Å². The van der Waals surface area contributed by atoms with Crippen molar-refractivity contribution in [2.24, 2.45) is 11.7 Å². The molecule has 48 heavy (non-hydrogen) atoms. The van der Waals surface area contributed by atoms with E-state index in [1.807, 2.05) is 85.8 Å². The van der Waals surface area contributed by atoms with Gasteiger partial charge in [0.1, 0.15) is 18.1 Å². The van der Waals surface area contributed by atoms with Crippen LogP contribution in [0.2, 0.25) is 0 Å². The molecule has 2 aromatic heterocycles. The van der Waals surface area contributed by atoms with E-state index in [2.05, 4.69) is 25.9 Å². The molecule has 0 fully saturated rings. The van der Waals surface area contributed by atoms with Crippen LogP contribution >= 0.6 is 0 Å². The number of carbonyl (C=O) groups is 4. The summed E-state index contributed by atoms with van der Waals surface area (Å²) in [6, 6.07) is 20.2. The van der Waals surface area contributed by atoms with E-state index in [0.717, 1.165) is 38.5 Å². The zero-order valence-electron chi connectivity index (χ0n) is 27.0. The maximum atomic E-state index is 14.2. The Balaban J connectivity index is 1.43. The van der Waals surface area contributed by atoms with Gasteiger partial charge in [0, 0.05) is 47.0 Å². The first-order chi connectivity index (χ1) is 23.1. The molecule has 8 N–H and O–H groups in total. The Morgan fingerprint density at radius 2 is 1.17 bits per heavy atom. The van der Waals surface area contributed by atoms with Gasteiger partial charge in [-0.2, -0.15) is 0 Å². The average molecular weight is 651 g/mol. The number of aromatic nitrogens is 2. The number of carboxylic acids is 1. The van der Waals surface area contributed by atoms with Crippen LogP contribution in [0.1, 0.15) is 37.0 Å². The summed E-state index contributed by atoms with van der Waals surface area (Å²) in [6.45, 7) is 3.59. The van der Waals surface area contributed by atoms with Gasteiger partial charge in [0.05, 0.1) is 6.04 Å². The maximum Gasteiger partial charge on any atom is 0.326 e. The SMILES string of the molecule is CCC(C)C(NC(=O)C(Cc1c[nH]c2ccccc12)NC(=O)C(Cc1c[nH]c2ccccc12)NC(=O)C(N)Cc1ccccc1)C(=O)O. The number of aromatic amines is 2. The Kier molecular flexibility index (Phi) is 10.9. The van der Waals surface area contributed by atoms with Gasteiger partial charge in [-0.1, -0.05) is 87.0 Å². The fourth-order valence-corrected chi connectivity index (χ4v) is 5.91. The molecule has 3 aromatic carbocycles. The van der Waals surface area contributed by atoms with Crippen molar-refractivity contribution in [1.29, 1.82) is 0 Å². The molecule has 5 atom stereocenters. The van der Waals surface area contributed by atoms with Gasteiger partial charge in [0.2, 0.25) is 17.7 Å². The van der Waals surface area contributed by atoms with Crippen molar-refractivity contribution in [3.05, 3.63) is 108 Å². The molecule has 11 heteroatoms. The Morgan fingerprint density at radius 1 is 0.688 bits per heavy atom. The van der Waals surface area contributed by atoms with Crippen LogP contribution in [0.15, 0.2) is 91.3 Å². The van der Waals surface area contributed by atoms with Crippen molar-refractivity contribution in [1.82, 2.24) is 25.9 Å². The van der Waals surface area contributed by atoms with Crippen LogP contribution < -0.4 is 21.7 Å². The number of hydrogen-bond acceptors (Lipinski definition) is 5. The Bertz CT molecular complexity index is 1880. The predicted molar refractivity (Wildman–Crippen MR) is 185 cm³/mol. The molecule has 250 valence electrons. The fraction of sp³-hybridized carbons (Fsp3) is 0.297. The molecule has 0 radical (unpaired) electrons. The van der Waals surface area contributed by atoms with E-state index in [-0.39, 0.29) is 25.2 Å². The van der Waals surface area contributed by atoms with E-state index in [1.165, 1.54) is 0 Å². The predicted octanol–water partition coefficient (Wildman–Crippen LogP) is 3.59. The summed E-state index contributed by atoms with van der Waals surface area (Å²) in [4.78, 5) is 59.9.